The molecule has 2 rings (SSSR count). The second-order valence-electron chi connectivity index (χ2n) is 5.12. The maximum absolute atomic E-state index is 6.06. The lowest BCUT2D eigenvalue weighted by molar-refractivity contribution is 0.415. The number of hydrogen-bond acceptors (Lipinski definition) is 3. The quantitative estimate of drug-likeness (QED) is 0.892. The van der Waals surface area contributed by atoms with E-state index in [0.717, 1.165) is 17.9 Å². The van der Waals surface area contributed by atoms with Gasteiger partial charge in [0.25, 0.3) is 0 Å². The maximum Gasteiger partial charge on any atom is 0.139 e. The molecule has 1 aromatic heterocycles. The number of nitrogens with zero attached hydrogens (tertiary/aromatic N) is 2. The van der Waals surface area contributed by atoms with Crippen LogP contribution >= 0.6 is 11.6 Å². The van der Waals surface area contributed by atoms with Gasteiger partial charge in [-0.25, -0.2) is 0 Å². The van der Waals surface area contributed by atoms with Crippen molar-refractivity contribution >= 4 is 17.3 Å². The van der Waals surface area contributed by atoms with Gasteiger partial charge >= 0.3 is 0 Å². The van der Waals surface area contributed by atoms with Crippen LogP contribution < -0.4 is 10.1 Å². The Morgan fingerprint density at radius 1 is 1.38 bits per heavy atom. The van der Waals surface area contributed by atoms with Gasteiger partial charge in [-0.15, -0.1) is 0 Å². The van der Waals surface area contributed by atoms with Gasteiger partial charge in [-0.1, -0.05) is 11.6 Å². The summed E-state index contributed by atoms with van der Waals surface area (Å²) in [7, 11) is 1.62. The summed E-state index contributed by atoms with van der Waals surface area (Å²) in [6, 6.07) is 5.87. The van der Waals surface area contributed by atoms with E-state index in [1.165, 1.54) is 11.3 Å². The minimum Gasteiger partial charge on any atom is -0.495 e. The number of rotatable bonds is 5. The van der Waals surface area contributed by atoms with Crippen molar-refractivity contribution in [2.24, 2.45) is 0 Å². The monoisotopic (exact) mass is 307 g/mol. The van der Waals surface area contributed by atoms with E-state index in [9.17, 15) is 0 Å². The van der Waals surface area contributed by atoms with Crippen molar-refractivity contribution in [1.29, 1.82) is 0 Å². The number of ether oxygens (including phenoxy) is 1. The fourth-order valence-electron chi connectivity index (χ4n) is 2.72. The highest BCUT2D eigenvalue weighted by Gasteiger charge is 2.17. The molecule has 0 spiro atoms. The van der Waals surface area contributed by atoms with Crippen LogP contribution in [-0.2, 0) is 6.54 Å². The van der Waals surface area contributed by atoms with Gasteiger partial charge in [0.1, 0.15) is 5.75 Å². The zero-order valence-electron chi connectivity index (χ0n) is 13.2. The molecule has 0 saturated carbocycles. The maximum atomic E-state index is 6.06. The average molecular weight is 308 g/mol. The van der Waals surface area contributed by atoms with E-state index in [4.69, 9.17) is 16.3 Å². The number of nitrogens with one attached hydrogen (secondary N) is 1. The lowest BCUT2D eigenvalue weighted by Gasteiger charge is -2.17. The number of anilines is 1. The summed E-state index contributed by atoms with van der Waals surface area (Å²) >= 11 is 6.06. The predicted molar refractivity (Wildman–Crippen MR) is 87.4 cm³/mol. The molecule has 0 bridgehead atoms. The molecule has 114 valence electrons. The summed E-state index contributed by atoms with van der Waals surface area (Å²) in [5.74, 6) is 0.673. The topological polar surface area (TPSA) is 39.1 Å². The van der Waals surface area contributed by atoms with Crippen LogP contribution in [0.25, 0.3) is 0 Å². The van der Waals surface area contributed by atoms with E-state index < -0.39 is 0 Å². The van der Waals surface area contributed by atoms with Crippen molar-refractivity contribution in [2.75, 3.05) is 12.4 Å². The first-order chi connectivity index (χ1) is 9.97. The summed E-state index contributed by atoms with van der Waals surface area (Å²) < 4.78 is 7.29. The first-order valence-electron chi connectivity index (χ1n) is 7.11. The molecule has 2 aromatic rings. The minimum atomic E-state index is 0.163. The van der Waals surface area contributed by atoms with Gasteiger partial charge in [0, 0.05) is 29.6 Å². The Morgan fingerprint density at radius 2 is 2.10 bits per heavy atom. The van der Waals surface area contributed by atoms with Crippen LogP contribution in [0.2, 0.25) is 5.02 Å². The molecule has 0 aliphatic heterocycles. The molecule has 4 nitrogen and oxygen atoms in total. The Bertz CT molecular complexity index is 637. The highest BCUT2D eigenvalue weighted by Crippen LogP contribution is 2.30. The van der Waals surface area contributed by atoms with Crippen LogP contribution in [0, 0.1) is 13.8 Å². The molecule has 21 heavy (non-hydrogen) atoms. The molecule has 0 amide bonds. The van der Waals surface area contributed by atoms with Crippen LogP contribution in [-0.4, -0.2) is 16.9 Å². The number of aromatic nitrogens is 2. The van der Waals surface area contributed by atoms with E-state index in [2.05, 4.69) is 38.1 Å². The fraction of sp³-hybridized carbons (Fsp3) is 0.438. The predicted octanol–water partition coefficient (Wildman–Crippen LogP) is 4.35. The van der Waals surface area contributed by atoms with Gasteiger partial charge in [0.2, 0.25) is 0 Å². The molecule has 5 heteroatoms. The third-order valence-electron chi connectivity index (χ3n) is 3.70. The summed E-state index contributed by atoms with van der Waals surface area (Å²) in [4.78, 5) is 0. The smallest absolute Gasteiger partial charge is 0.139 e. The normalized spacial score (nSPS) is 12.3. The molecule has 0 aliphatic rings. The lowest BCUT2D eigenvalue weighted by atomic mass is 10.1. The van der Waals surface area contributed by atoms with Crippen molar-refractivity contribution in [1.82, 2.24) is 9.78 Å². The first-order valence-corrected chi connectivity index (χ1v) is 7.49. The van der Waals surface area contributed by atoms with E-state index in [1.54, 1.807) is 7.11 Å². The van der Waals surface area contributed by atoms with Crippen molar-refractivity contribution in [3.8, 4) is 5.75 Å². The first kappa shape index (κ1) is 15.7. The zero-order valence-corrected chi connectivity index (χ0v) is 14.0. The van der Waals surface area contributed by atoms with Crippen LogP contribution in [0.1, 0.15) is 36.8 Å². The van der Waals surface area contributed by atoms with Gasteiger partial charge in [0.05, 0.1) is 23.9 Å². The number of hydrogen-bond donors (Lipinski definition) is 1. The van der Waals surface area contributed by atoms with Crippen molar-refractivity contribution in [3.05, 3.63) is 40.2 Å². The minimum absolute atomic E-state index is 0.163. The Kier molecular flexibility index (Phi) is 4.78. The lowest BCUT2D eigenvalue weighted by Crippen LogP contribution is -2.09. The summed E-state index contributed by atoms with van der Waals surface area (Å²) in [5, 5.41) is 8.67. The molecule has 1 aromatic carbocycles. The fourth-order valence-corrected chi connectivity index (χ4v) is 2.91. The Morgan fingerprint density at radius 3 is 2.67 bits per heavy atom. The third kappa shape index (κ3) is 3.16. The highest BCUT2D eigenvalue weighted by atomic mass is 35.5. The van der Waals surface area contributed by atoms with Crippen LogP contribution in [0.4, 0.5) is 5.69 Å². The van der Waals surface area contributed by atoms with Gasteiger partial charge in [-0.3, -0.25) is 4.68 Å². The molecular formula is C16H22ClN3O. The van der Waals surface area contributed by atoms with Crippen molar-refractivity contribution < 1.29 is 4.74 Å². The molecule has 0 radical (unpaired) electrons. The van der Waals surface area contributed by atoms with E-state index >= 15 is 0 Å². The third-order valence-corrected chi connectivity index (χ3v) is 4.02. The second-order valence-corrected chi connectivity index (χ2v) is 5.52. The summed E-state index contributed by atoms with van der Waals surface area (Å²) in [6.07, 6.45) is 0. The largest absolute Gasteiger partial charge is 0.495 e. The van der Waals surface area contributed by atoms with E-state index in [1.807, 2.05) is 22.9 Å². The molecule has 1 atom stereocenters. The number of halogens is 1. The molecule has 1 N–H and O–H groups in total. The van der Waals surface area contributed by atoms with Crippen LogP contribution in [0.5, 0.6) is 5.75 Å². The molecule has 1 heterocycles. The van der Waals surface area contributed by atoms with Crippen LogP contribution in [0.3, 0.4) is 0 Å². The Hall–Kier alpha value is -1.68. The van der Waals surface area contributed by atoms with Crippen molar-refractivity contribution in [2.45, 2.75) is 40.3 Å². The van der Waals surface area contributed by atoms with Gasteiger partial charge in [-0.05, 0) is 39.8 Å². The molecule has 0 aliphatic carbocycles. The Labute approximate surface area is 131 Å². The van der Waals surface area contributed by atoms with Gasteiger partial charge < -0.3 is 10.1 Å². The van der Waals surface area contributed by atoms with Gasteiger partial charge in [0.15, 0.2) is 0 Å². The zero-order chi connectivity index (χ0) is 15.6. The summed E-state index contributed by atoms with van der Waals surface area (Å²) in [6.45, 7) is 9.28. The number of benzene rings is 1. The molecule has 0 saturated heterocycles. The Balaban J connectivity index is 2.26. The molecule has 0 fully saturated rings. The summed E-state index contributed by atoms with van der Waals surface area (Å²) in [5.41, 5.74) is 4.49. The van der Waals surface area contributed by atoms with Gasteiger partial charge in [-0.2, -0.15) is 5.10 Å². The number of methoxy groups -OCH3 is 1. The SMILES string of the molecule is CCn1nc(C)c(C(C)Nc2ccc(Cl)c(OC)c2)c1C. The van der Waals surface area contributed by atoms with Crippen molar-refractivity contribution in [3.63, 3.8) is 0 Å². The second kappa shape index (κ2) is 6.39. The van der Waals surface area contributed by atoms with Crippen LogP contribution in [0.15, 0.2) is 18.2 Å². The highest BCUT2D eigenvalue weighted by molar-refractivity contribution is 6.32. The standard InChI is InChI=1S/C16H22ClN3O/c1-6-20-12(4)16(11(3)19-20)10(2)18-13-7-8-14(17)15(9-13)21-5/h7-10,18H,6H2,1-5H3. The van der Waals surface area contributed by atoms with E-state index in [-0.39, 0.29) is 6.04 Å². The molecule has 1 unspecified atom stereocenters. The molecular weight excluding hydrogens is 286 g/mol. The number of aryl methyl sites for hydroxylation is 2. The van der Waals surface area contributed by atoms with E-state index in [0.29, 0.717) is 10.8 Å². The average Bonchev–Trinajstić information content (AvgIpc) is 2.75.